The van der Waals surface area contributed by atoms with Gasteiger partial charge in [-0.25, -0.2) is 0 Å². The maximum absolute atomic E-state index is 11.2. The predicted molar refractivity (Wildman–Crippen MR) is 62.8 cm³/mol. The van der Waals surface area contributed by atoms with Gasteiger partial charge in [0.2, 0.25) is 5.91 Å². The summed E-state index contributed by atoms with van der Waals surface area (Å²) in [5, 5.41) is 6.81. The van der Waals surface area contributed by atoms with E-state index in [1.807, 2.05) is 25.9 Å². The van der Waals surface area contributed by atoms with Crippen LogP contribution in [0.2, 0.25) is 0 Å². The van der Waals surface area contributed by atoms with Gasteiger partial charge in [0.25, 0.3) is 0 Å². The summed E-state index contributed by atoms with van der Waals surface area (Å²) in [5.74, 6) is 0.642. The molecule has 0 aliphatic rings. The van der Waals surface area contributed by atoms with Crippen molar-refractivity contribution in [2.45, 2.75) is 13.5 Å². The number of rotatable bonds is 4. The fourth-order valence-corrected chi connectivity index (χ4v) is 1.57. The van der Waals surface area contributed by atoms with E-state index < -0.39 is 0 Å². The Morgan fingerprint density at radius 3 is 2.69 bits per heavy atom. The quantitative estimate of drug-likeness (QED) is 0.723. The van der Waals surface area contributed by atoms with E-state index in [0.29, 0.717) is 18.9 Å². The van der Waals surface area contributed by atoms with Crippen LogP contribution >= 0.6 is 0 Å². The van der Waals surface area contributed by atoms with Crippen molar-refractivity contribution >= 4 is 11.7 Å². The number of nitrogens with zero attached hydrogens (tertiary/aromatic N) is 3. The first-order chi connectivity index (χ1) is 7.45. The average molecular weight is 225 g/mol. The number of nitrogen functional groups attached to an aromatic ring is 1. The number of aromatic nitrogens is 2. The zero-order valence-corrected chi connectivity index (χ0v) is 10.2. The highest BCUT2D eigenvalue weighted by Crippen LogP contribution is 2.16. The van der Waals surface area contributed by atoms with Gasteiger partial charge in [-0.3, -0.25) is 14.4 Å². The molecule has 1 amide bonds. The summed E-state index contributed by atoms with van der Waals surface area (Å²) < 4.78 is 1.65. The Morgan fingerprint density at radius 1 is 1.62 bits per heavy atom. The average Bonchev–Trinajstić information content (AvgIpc) is 2.45. The molecule has 0 atom stereocenters. The van der Waals surface area contributed by atoms with Gasteiger partial charge in [0.1, 0.15) is 5.82 Å². The Kier molecular flexibility index (Phi) is 3.89. The molecule has 0 unspecified atom stereocenters. The van der Waals surface area contributed by atoms with Gasteiger partial charge < -0.3 is 11.1 Å². The lowest BCUT2D eigenvalue weighted by molar-refractivity contribution is -0.121. The van der Waals surface area contributed by atoms with Crippen LogP contribution in [-0.4, -0.2) is 41.2 Å². The van der Waals surface area contributed by atoms with Gasteiger partial charge in [-0.15, -0.1) is 0 Å². The third kappa shape index (κ3) is 2.73. The second-order valence-electron chi connectivity index (χ2n) is 3.92. The van der Waals surface area contributed by atoms with Gasteiger partial charge in [-0.1, -0.05) is 0 Å². The van der Waals surface area contributed by atoms with Crippen LogP contribution < -0.4 is 11.1 Å². The molecule has 1 aromatic rings. The molecule has 0 saturated heterocycles. The topological polar surface area (TPSA) is 76.2 Å². The highest BCUT2D eigenvalue weighted by atomic mass is 16.1. The third-order valence-electron chi connectivity index (χ3n) is 2.51. The predicted octanol–water partition coefficient (Wildman–Crippen LogP) is -0.511. The van der Waals surface area contributed by atoms with Gasteiger partial charge in [0.05, 0.1) is 12.2 Å². The van der Waals surface area contributed by atoms with E-state index in [1.165, 1.54) is 0 Å². The Morgan fingerprint density at radius 2 is 2.25 bits per heavy atom. The van der Waals surface area contributed by atoms with Gasteiger partial charge in [0.15, 0.2) is 0 Å². The number of anilines is 1. The number of hydrogen-bond donors (Lipinski definition) is 2. The molecule has 0 aliphatic carbocycles. The van der Waals surface area contributed by atoms with E-state index in [2.05, 4.69) is 10.4 Å². The molecule has 0 radical (unpaired) electrons. The Hall–Kier alpha value is -1.56. The fraction of sp³-hybridized carbons (Fsp3) is 0.600. The van der Waals surface area contributed by atoms with Crippen molar-refractivity contribution in [2.24, 2.45) is 7.05 Å². The molecule has 0 saturated carbocycles. The molecule has 6 nitrogen and oxygen atoms in total. The van der Waals surface area contributed by atoms with E-state index in [1.54, 1.807) is 11.7 Å². The molecule has 1 aromatic heterocycles. The van der Waals surface area contributed by atoms with Crippen molar-refractivity contribution in [1.82, 2.24) is 20.0 Å². The number of aryl methyl sites for hydroxylation is 2. The highest BCUT2D eigenvalue weighted by molar-refractivity contribution is 5.77. The van der Waals surface area contributed by atoms with Gasteiger partial charge in [0, 0.05) is 26.2 Å². The first kappa shape index (κ1) is 12.5. The number of carbonyl (C=O) groups excluding carboxylic acids is 1. The molecule has 0 bridgehead atoms. The number of hydrogen-bond acceptors (Lipinski definition) is 4. The summed E-state index contributed by atoms with van der Waals surface area (Å²) in [6.07, 6.45) is 0. The maximum atomic E-state index is 11.2. The van der Waals surface area contributed by atoms with Crippen LogP contribution in [0.4, 0.5) is 5.82 Å². The van der Waals surface area contributed by atoms with Gasteiger partial charge in [-0.05, 0) is 14.0 Å². The maximum Gasteiger partial charge on any atom is 0.233 e. The van der Waals surface area contributed by atoms with Gasteiger partial charge >= 0.3 is 0 Å². The zero-order valence-electron chi connectivity index (χ0n) is 10.2. The summed E-state index contributed by atoms with van der Waals surface area (Å²) >= 11 is 0. The second kappa shape index (κ2) is 4.98. The minimum absolute atomic E-state index is 0.0115. The molecule has 0 aromatic carbocycles. The van der Waals surface area contributed by atoms with Crippen LogP contribution in [0.25, 0.3) is 0 Å². The van der Waals surface area contributed by atoms with E-state index in [-0.39, 0.29) is 5.91 Å². The fourth-order valence-electron chi connectivity index (χ4n) is 1.57. The van der Waals surface area contributed by atoms with E-state index in [9.17, 15) is 4.79 Å². The lowest BCUT2D eigenvalue weighted by Crippen LogP contribution is -2.32. The molecule has 1 rings (SSSR count). The van der Waals surface area contributed by atoms with E-state index in [4.69, 9.17) is 5.73 Å². The molecular weight excluding hydrogens is 206 g/mol. The van der Waals surface area contributed by atoms with Crippen LogP contribution in [0.5, 0.6) is 0 Å². The van der Waals surface area contributed by atoms with Crippen molar-refractivity contribution in [3.05, 3.63) is 11.3 Å². The number of amides is 1. The van der Waals surface area contributed by atoms with Crippen molar-refractivity contribution in [2.75, 3.05) is 26.4 Å². The molecule has 0 aliphatic heterocycles. The minimum atomic E-state index is -0.0115. The molecular formula is C10H19N5O. The van der Waals surface area contributed by atoms with Gasteiger partial charge in [-0.2, -0.15) is 5.10 Å². The summed E-state index contributed by atoms with van der Waals surface area (Å²) in [5.41, 5.74) is 7.77. The highest BCUT2D eigenvalue weighted by Gasteiger charge is 2.13. The van der Waals surface area contributed by atoms with E-state index >= 15 is 0 Å². The molecule has 90 valence electrons. The smallest absolute Gasteiger partial charge is 0.233 e. The summed E-state index contributed by atoms with van der Waals surface area (Å²) in [7, 11) is 5.31. The number of nitrogens with one attached hydrogen (secondary N) is 1. The summed E-state index contributed by atoms with van der Waals surface area (Å²) in [6.45, 7) is 2.89. The Bertz CT molecular complexity index is 385. The molecule has 0 fully saturated rings. The molecule has 16 heavy (non-hydrogen) atoms. The third-order valence-corrected chi connectivity index (χ3v) is 2.51. The first-order valence-corrected chi connectivity index (χ1v) is 5.12. The van der Waals surface area contributed by atoms with Crippen molar-refractivity contribution in [1.29, 1.82) is 0 Å². The van der Waals surface area contributed by atoms with Crippen LogP contribution in [-0.2, 0) is 18.4 Å². The standard InChI is InChI=1S/C10H19N5O/c1-7-8(10(11)15(4)13-7)5-14(3)6-9(16)12-2/h5-6,11H2,1-4H3,(H,12,16). The first-order valence-electron chi connectivity index (χ1n) is 5.12. The number of carbonyl (C=O) groups is 1. The monoisotopic (exact) mass is 225 g/mol. The van der Waals surface area contributed by atoms with Crippen LogP contribution in [0, 0.1) is 6.92 Å². The molecule has 6 heteroatoms. The number of likely N-dealkylation sites (N-methyl/N-ethyl adjacent to an activating group) is 2. The molecule has 3 N–H and O–H groups in total. The largest absolute Gasteiger partial charge is 0.384 e. The van der Waals surface area contributed by atoms with Crippen LogP contribution in [0.3, 0.4) is 0 Å². The van der Waals surface area contributed by atoms with Crippen molar-refractivity contribution in [3.63, 3.8) is 0 Å². The Labute approximate surface area is 95.4 Å². The molecule has 1 heterocycles. The van der Waals surface area contributed by atoms with Crippen molar-refractivity contribution < 1.29 is 4.79 Å². The molecule has 0 spiro atoms. The lowest BCUT2D eigenvalue weighted by Gasteiger charge is -2.15. The zero-order chi connectivity index (χ0) is 12.3. The lowest BCUT2D eigenvalue weighted by atomic mass is 10.2. The SMILES string of the molecule is CNC(=O)CN(C)Cc1c(C)nn(C)c1N. The van der Waals surface area contributed by atoms with Crippen LogP contribution in [0.15, 0.2) is 0 Å². The van der Waals surface area contributed by atoms with Crippen LogP contribution in [0.1, 0.15) is 11.3 Å². The Balaban J connectivity index is 2.69. The minimum Gasteiger partial charge on any atom is -0.384 e. The summed E-state index contributed by atoms with van der Waals surface area (Å²) in [6, 6.07) is 0. The van der Waals surface area contributed by atoms with E-state index in [0.717, 1.165) is 11.3 Å². The number of nitrogens with two attached hydrogens (primary N) is 1. The van der Waals surface area contributed by atoms with Crippen molar-refractivity contribution in [3.8, 4) is 0 Å². The second-order valence-corrected chi connectivity index (χ2v) is 3.92. The normalized spacial score (nSPS) is 10.8. The summed E-state index contributed by atoms with van der Waals surface area (Å²) in [4.78, 5) is 13.1.